The summed E-state index contributed by atoms with van der Waals surface area (Å²) >= 11 is 6.35. The smallest absolute Gasteiger partial charge is 0.336 e. The van der Waals surface area contributed by atoms with Crippen LogP contribution in [-0.2, 0) is 23.8 Å². The predicted octanol–water partition coefficient (Wildman–Crippen LogP) is 5.75. The number of benzene rings is 3. The van der Waals surface area contributed by atoms with E-state index in [0.717, 1.165) is 30.8 Å². The number of nitrogens with one attached hydrogen (secondary N) is 1. The number of nitrogens with zero attached hydrogens (tertiary/aromatic N) is 1. The SMILES string of the molecule is CC1=C(C(=O)OCCC(c2ccccc2)c2ccccc2)C(c2cccc(Cl)c2)C(C(=O)O)=C(COCCN2CCOCC2)N1. The van der Waals surface area contributed by atoms with Crippen LogP contribution in [0.5, 0.6) is 0 Å². The Kier molecular flexibility index (Phi) is 11.4. The van der Waals surface area contributed by atoms with Gasteiger partial charge in [0.15, 0.2) is 0 Å². The molecule has 1 unspecified atom stereocenters. The molecule has 3 aromatic carbocycles. The van der Waals surface area contributed by atoms with Crippen molar-refractivity contribution in [1.82, 2.24) is 10.2 Å². The maximum atomic E-state index is 13.8. The average molecular weight is 631 g/mol. The van der Waals surface area contributed by atoms with Crippen LogP contribution in [0.2, 0.25) is 5.02 Å². The zero-order chi connectivity index (χ0) is 31.6. The molecule has 0 aliphatic carbocycles. The zero-order valence-electron chi connectivity index (χ0n) is 25.4. The highest BCUT2D eigenvalue weighted by molar-refractivity contribution is 6.30. The lowest BCUT2D eigenvalue weighted by Gasteiger charge is -2.31. The van der Waals surface area contributed by atoms with Gasteiger partial charge in [-0.15, -0.1) is 0 Å². The molecule has 0 spiro atoms. The van der Waals surface area contributed by atoms with Crippen LogP contribution in [0.15, 0.2) is 107 Å². The second-order valence-electron chi connectivity index (χ2n) is 11.2. The number of hydrogen-bond donors (Lipinski definition) is 2. The molecule has 45 heavy (non-hydrogen) atoms. The highest BCUT2D eigenvalue weighted by Crippen LogP contribution is 2.40. The Morgan fingerprint density at radius 3 is 2.24 bits per heavy atom. The summed E-state index contributed by atoms with van der Waals surface area (Å²) in [5.41, 5.74) is 4.03. The average Bonchev–Trinajstić information content (AvgIpc) is 3.05. The van der Waals surface area contributed by atoms with Crippen molar-refractivity contribution in [3.8, 4) is 0 Å². The van der Waals surface area contributed by atoms with Crippen LogP contribution in [0.1, 0.15) is 41.9 Å². The van der Waals surface area contributed by atoms with Gasteiger partial charge < -0.3 is 24.6 Å². The van der Waals surface area contributed by atoms with Gasteiger partial charge in [0.1, 0.15) is 0 Å². The number of halogens is 1. The Labute approximate surface area is 269 Å². The van der Waals surface area contributed by atoms with Crippen molar-refractivity contribution in [3.05, 3.63) is 129 Å². The molecule has 236 valence electrons. The first-order chi connectivity index (χ1) is 21.9. The molecule has 3 aromatic rings. The van der Waals surface area contributed by atoms with Gasteiger partial charge in [-0.2, -0.15) is 0 Å². The molecule has 0 radical (unpaired) electrons. The second-order valence-corrected chi connectivity index (χ2v) is 11.6. The molecule has 8 nitrogen and oxygen atoms in total. The summed E-state index contributed by atoms with van der Waals surface area (Å²) in [6, 6.07) is 27.2. The van der Waals surface area contributed by atoms with Crippen molar-refractivity contribution in [3.63, 3.8) is 0 Å². The summed E-state index contributed by atoms with van der Waals surface area (Å²) < 4.78 is 17.3. The van der Waals surface area contributed by atoms with Crippen LogP contribution < -0.4 is 5.32 Å². The first-order valence-electron chi connectivity index (χ1n) is 15.3. The Morgan fingerprint density at radius 1 is 0.956 bits per heavy atom. The van der Waals surface area contributed by atoms with Crippen molar-refractivity contribution in [2.45, 2.75) is 25.2 Å². The summed E-state index contributed by atoms with van der Waals surface area (Å²) in [6.45, 7) is 6.18. The third-order valence-corrected chi connectivity index (χ3v) is 8.46. The van der Waals surface area contributed by atoms with Gasteiger partial charge in [0.25, 0.3) is 0 Å². The van der Waals surface area contributed by atoms with Crippen molar-refractivity contribution in [2.24, 2.45) is 0 Å². The van der Waals surface area contributed by atoms with Crippen molar-refractivity contribution in [2.75, 3.05) is 52.7 Å². The van der Waals surface area contributed by atoms with Crippen molar-refractivity contribution in [1.29, 1.82) is 0 Å². The number of aliphatic carboxylic acids is 1. The number of morpholine rings is 1. The van der Waals surface area contributed by atoms with E-state index >= 15 is 0 Å². The molecule has 2 heterocycles. The first-order valence-corrected chi connectivity index (χ1v) is 15.6. The lowest BCUT2D eigenvalue weighted by atomic mass is 9.80. The molecule has 1 atom stereocenters. The number of carboxylic acids is 1. The van der Waals surface area contributed by atoms with Gasteiger partial charge in [0, 0.05) is 36.3 Å². The second kappa shape index (κ2) is 15.9. The van der Waals surface area contributed by atoms with Gasteiger partial charge in [-0.1, -0.05) is 84.4 Å². The molecule has 0 saturated carbocycles. The Hall–Kier alpha value is -3.95. The minimum Gasteiger partial charge on any atom is -0.478 e. The first kappa shape index (κ1) is 32.4. The molecule has 0 aromatic heterocycles. The van der Waals surface area contributed by atoms with Crippen molar-refractivity contribution >= 4 is 23.5 Å². The largest absolute Gasteiger partial charge is 0.478 e. The van der Waals surface area contributed by atoms with Crippen LogP contribution in [-0.4, -0.2) is 74.6 Å². The third kappa shape index (κ3) is 8.41. The van der Waals surface area contributed by atoms with E-state index in [4.69, 9.17) is 25.8 Å². The fraction of sp³-hybridized carbons (Fsp3) is 0.333. The quantitative estimate of drug-likeness (QED) is 0.182. The number of carbonyl (C=O) groups excluding carboxylic acids is 1. The van der Waals surface area contributed by atoms with Gasteiger partial charge in [0.2, 0.25) is 0 Å². The highest BCUT2D eigenvalue weighted by Gasteiger charge is 2.38. The van der Waals surface area contributed by atoms with Crippen LogP contribution in [0, 0.1) is 0 Å². The third-order valence-electron chi connectivity index (χ3n) is 8.22. The summed E-state index contributed by atoms with van der Waals surface area (Å²) in [4.78, 5) is 28.9. The molecular weight excluding hydrogens is 592 g/mol. The molecule has 1 fully saturated rings. The molecule has 2 aliphatic rings. The maximum Gasteiger partial charge on any atom is 0.336 e. The van der Waals surface area contributed by atoms with E-state index in [1.54, 1.807) is 31.2 Å². The van der Waals surface area contributed by atoms with E-state index in [1.165, 1.54) is 0 Å². The van der Waals surface area contributed by atoms with Crippen LogP contribution in [0.3, 0.4) is 0 Å². The number of carbonyl (C=O) groups is 2. The molecule has 0 amide bonds. The van der Waals surface area contributed by atoms with Crippen molar-refractivity contribution < 1.29 is 28.9 Å². The zero-order valence-corrected chi connectivity index (χ0v) is 26.2. The van der Waals surface area contributed by atoms with Gasteiger partial charge in [0.05, 0.1) is 55.8 Å². The molecular formula is C36H39ClN2O6. The van der Waals surface area contributed by atoms with E-state index < -0.39 is 17.9 Å². The van der Waals surface area contributed by atoms with E-state index in [-0.39, 0.29) is 30.3 Å². The predicted molar refractivity (Wildman–Crippen MR) is 173 cm³/mol. The minimum absolute atomic E-state index is 0.0270. The Morgan fingerprint density at radius 2 is 1.62 bits per heavy atom. The van der Waals surface area contributed by atoms with Crippen LogP contribution in [0.25, 0.3) is 0 Å². The number of esters is 1. The maximum absolute atomic E-state index is 13.8. The highest BCUT2D eigenvalue weighted by atomic mass is 35.5. The van der Waals surface area contributed by atoms with Gasteiger partial charge in [-0.25, -0.2) is 9.59 Å². The number of ether oxygens (including phenoxy) is 3. The van der Waals surface area contributed by atoms with E-state index in [0.29, 0.717) is 48.2 Å². The number of hydrogen-bond acceptors (Lipinski definition) is 7. The number of allylic oxidation sites excluding steroid dienone is 1. The topological polar surface area (TPSA) is 97.3 Å². The Balaban J connectivity index is 1.35. The van der Waals surface area contributed by atoms with Gasteiger partial charge >= 0.3 is 11.9 Å². The number of dihydropyridines is 1. The molecule has 5 rings (SSSR count). The fourth-order valence-corrected chi connectivity index (χ4v) is 6.19. The molecule has 9 heteroatoms. The van der Waals surface area contributed by atoms with E-state index in [1.807, 2.05) is 36.4 Å². The molecule has 1 saturated heterocycles. The lowest BCUT2D eigenvalue weighted by Crippen LogP contribution is -2.38. The summed E-state index contributed by atoms with van der Waals surface area (Å²) in [5.74, 6) is -2.59. The van der Waals surface area contributed by atoms with E-state index in [9.17, 15) is 14.7 Å². The minimum atomic E-state index is -1.15. The summed E-state index contributed by atoms with van der Waals surface area (Å²) in [5, 5.41) is 14.1. The molecule has 2 aliphatic heterocycles. The van der Waals surface area contributed by atoms with Crippen LogP contribution >= 0.6 is 11.6 Å². The normalized spacial score (nSPS) is 17.4. The summed E-state index contributed by atoms with van der Waals surface area (Å²) in [7, 11) is 0. The van der Waals surface area contributed by atoms with Gasteiger partial charge in [-0.05, 0) is 42.2 Å². The van der Waals surface area contributed by atoms with E-state index in [2.05, 4.69) is 34.5 Å². The fourth-order valence-electron chi connectivity index (χ4n) is 5.99. The monoisotopic (exact) mass is 630 g/mol. The molecule has 0 bridgehead atoms. The van der Waals surface area contributed by atoms with Gasteiger partial charge in [-0.3, -0.25) is 4.90 Å². The lowest BCUT2D eigenvalue weighted by molar-refractivity contribution is -0.139. The van der Waals surface area contributed by atoms with Crippen LogP contribution in [0.4, 0.5) is 0 Å². The number of carboxylic acid groups (broad SMARTS) is 1. The molecule has 2 N–H and O–H groups in total. The number of rotatable bonds is 13. The Bertz CT molecular complexity index is 1480. The summed E-state index contributed by atoms with van der Waals surface area (Å²) in [6.07, 6.45) is 0.561. The standard InChI is InChI=1S/C36H39ClN2O6/c1-25-32(36(42)45-19-15-30(26-9-4-2-5-10-26)27-11-6-3-7-12-27)33(28-13-8-14-29(37)23-28)34(35(40)41)31(38-25)24-44-22-18-39-16-20-43-21-17-39/h2-14,23,30,33,38H,15-22,24H2,1H3,(H,40,41).